The van der Waals surface area contributed by atoms with Gasteiger partial charge in [-0.05, 0) is 38.3 Å². The van der Waals surface area contributed by atoms with Crippen molar-refractivity contribution in [2.24, 2.45) is 16.8 Å². The summed E-state index contributed by atoms with van der Waals surface area (Å²) in [6, 6.07) is 0. The molecule has 126 valence electrons. The Hall–Kier alpha value is -0.0400. The van der Waals surface area contributed by atoms with Gasteiger partial charge in [0, 0.05) is 33.2 Å². The van der Waals surface area contributed by atoms with Crippen molar-refractivity contribution >= 4 is 29.9 Å². The maximum absolute atomic E-state index is 4.45. The van der Waals surface area contributed by atoms with Gasteiger partial charge in [-0.2, -0.15) is 0 Å². The summed E-state index contributed by atoms with van der Waals surface area (Å²) in [4.78, 5) is 9.27. The molecule has 1 rings (SSSR count). The maximum Gasteiger partial charge on any atom is 0.193 e. The molecule has 0 aromatic rings. The molecule has 0 amide bonds. The molecule has 2 atom stereocenters. The van der Waals surface area contributed by atoms with Crippen molar-refractivity contribution < 1.29 is 0 Å². The zero-order valence-electron chi connectivity index (χ0n) is 14.6. The third kappa shape index (κ3) is 8.24. The Morgan fingerprint density at radius 2 is 1.86 bits per heavy atom. The first kappa shape index (κ1) is 21.0. The first-order chi connectivity index (χ1) is 9.56. The number of nitrogens with zero attached hydrogens (tertiary/aromatic N) is 3. The lowest BCUT2D eigenvalue weighted by molar-refractivity contribution is 0.208. The van der Waals surface area contributed by atoms with Gasteiger partial charge in [-0.3, -0.25) is 4.99 Å². The highest BCUT2D eigenvalue weighted by atomic mass is 127. The standard InChI is InChI=1S/C16H34N4.HI/c1-6-7-9-19(5)10-8-18-16(17-4)20-12-14(2)11-15(3)13-20;/h14-15H,6-13H2,1-5H3,(H,17,18);1H. The average Bonchev–Trinajstić information content (AvgIpc) is 2.40. The Bertz CT molecular complexity index is 286. The van der Waals surface area contributed by atoms with Crippen molar-refractivity contribution in [2.75, 3.05) is 46.8 Å². The number of halogens is 1. The smallest absolute Gasteiger partial charge is 0.193 e. The molecule has 21 heavy (non-hydrogen) atoms. The number of piperidine rings is 1. The number of hydrogen-bond acceptors (Lipinski definition) is 2. The van der Waals surface area contributed by atoms with Gasteiger partial charge >= 0.3 is 0 Å². The Balaban J connectivity index is 0.00000400. The lowest BCUT2D eigenvalue weighted by Gasteiger charge is -2.37. The van der Waals surface area contributed by atoms with Gasteiger partial charge in [-0.1, -0.05) is 27.2 Å². The topological polar surface area (TPSA) is 30.9 Å². The van der Waals surface area contributed by atoms with E-state index < -0.39 is 0 Å². The summed E-state index contributed by atoms with van der Waals surface area (Å²) in [5.41, 5.74) is 0. The van der Waals surface area contributed by atoms with E-state index in [9.17, 15) is 0 Å². The number of likely N-dealkylation sites (tertiary alicyclic amines) is 1. The molecule has 0 bridgehead atoms. The maximum atomic E-state index is 4.45. The number of aliphatic imine (C=N–C) groups is 1. The molecular weight excluding hydrogens is 375 g/mol. The van der Waals surface area contributed by atoms with Crippen LogP contribution >= 0.6 is 24.0 Å². The second-order valence-electron chi connectivity index (χ2n) is 6.48. The summed E-state index contributed by atoms with van der Waals surface area (Å²) in [5, 5.41) is 3.52. The quantitative estimate of drug-likeness (QED) is 0.415. The zero-order chi connectivity index (χ0) is 15.0. The van der Waals surface area contributed by atoms with Gasteiger partial charge in [0.05, 0.1) is 0 Å². The van der Waals surface area contributed by atoms with Crippen LogP contribution in [0.3, 0.4) is 0 Å². The van der Waals surface area contributed by atoms with Crippen LogP contribution in [-0.4, -0.2) is 62.6 Å². The van der Waals surface area contributed by atoms with Crippen molar-refractivity contribution in [1.29, 1.82) is 0 Å². The van der Waals surface area contributed by atoms with Crippen molar-refractivity contribution in [3.8, 4) is 0 Å². The minimum Gasteiger partial charge on any atom is -0.355 e. The van der Waals surface area contributed by atoms with E-state index >= 15 is 0 Å². The van der Waals surface area contributed by atoms with Crippen molar-refractivity contribution in [3.63, 3.8) is 0 Å². The van der Waals surface area contributed by atoms with Crippen LogP contribution in [0, 0.1) is 11.8 Å². The second-order valence-corrected chi connectivity index (χ2v) is 6.48. The van der Waals surface area contributed by atoms with Crippen LogP contribution in [0.5, 0.6) is 0 Å². The Labute approximate surface area is 148 Å². The van der Waals surface area contributed by atoms with Gasteiger partial charge < -0.3 is 15.1 Å². The van der Waals surface area contributed by atoms with Crippen LogP contribution in [0.1, 0.15) is 40.0 Å². The molecule has 1 fully saturated rings. The van der Waals surface area contributed by atoms with Crippen LogP contribution < -0.4 is 5.32 Å². The molecule has 4 nitrogen and oxygen atoms in total. The lowest BCUT2D eigenvalue weighted by Crippen LogP contribution is -2.49. The van der Waals surface area contributed by atoms with E-state index in [1.807, 2.05) is 7.05 Å². The van der Waals surface area contributed by atoms with Gasteiger partial charge in [0.25, 0.3) is 0 Å². The van der Waals surface area contributed by atoms with Gasteiger partial charge in [0.15, 0.2) is 5.96 Å². The third-order valence-electron chi connectivity index (χ3n) is 4.05. The molecule has 0 saturated carbocycles. The molecule has 2 unspecified atom stereocenters. The van der Waals surface area contributed by atoms with Gasteiger partial charge in [0.1, 0.15) is 0 Å². The number of nitrogens with one attached hydrogen (secondary N) is 1. The van der Waals surface area contributed by atoms with Gasteiger partial charge in [0.2, 0.25) is 0 Å². The molecule has 0 aromatic heterocycles. The van der Waals surface area contributed by atoms with Gasteiger partial charge in [-0.25, -0.2) is 0 Å². The van der Waals surface area contributed by atoms with E-state index in [1.54, 1.807) is 0 Å². The monoisotopic (exact) mass is 410 g/mol. The van der Waals surface area contributed by atoms with Crippen molar-refractivity contribution in [3.05, 3.63) is 0 Å². The van der Waals surface area contributed by atoms with Gasteiger partial charge in [-0.15, -0.1) is 24.0 Å². The molecule has 0 aromatic carbocycles. The second kappa shape index (κ2) is 11.5. The van der Waals surface area contributed by atoms with E-state index in [0.717, 1.165) is 44.0 Å². The van der Waals surface area contributed by atoms with Crippen LogP contribution in [0.25, 0.3) is 0 Å². The third-order valence-corrected chi connectivity index (χ3v) is 4.05. The highest BCUT2D eigenvalue weighted by molar-refractivity contribution is 14.0. The minimum atomic E-state index is 0. The zero-order valence-corrected chi connectivity index (χ0v) is 16.9. The minimum absolute atomic E-state index is 0. The van der Waals surface area contributed by atoms with Crippen LogP contribution in [0.4, 0.5) is 0 Å². The summed E-state index contributed by atoms with van der Waals surface area (Å²) < 4.78 is 0. The van der Waals surface area contributed by atoms with Crippen LogP contribution in [0.15, 0.2) is 4.99 Å². The summed E-state index contributed by atoms with van der Waals surface area (Å²) >= 11 is 0. The highest BCUT2D eigenvalue weighted by Gasteiger charge is 2.23. The SMILES string of the molecule is CCCCN(C)CCNC(=NC)N1CC(C)CC(C)C1.I. The molecule has 0 spiro atoms. The normalized spacial score (nSPS) is 23.1. The molecule has 1 N–H and O–H groups in total. The first-order valence-electron chi connectivity index (χ1n) is 8.20. The molecule has 5 heteroatoms. The fraction of sp³-hybridized carbons (Fsp3) is 0.938. The molecule has 1 aliphatic rings. The summed E-state index contributed by atoms with van der Waals surface area (Å²) in [6.07, 6.45) is 3.89. The highest BCUT2D eigenvalue weighted by Crippen LogP contribution is 2.20. The number of guanidine groups is 1. The predicted molar refractivity (Wildman–Crippen MR) is 104 cm³/mol. The van der Waals surface area contributed by atoms with Crippen LogP contribution in [0.2, 0.25) is 0 Å². The fourth-order valence-electron chi connectivity index (χ4n) is 3.07. The van der Waals surface area contributed by atoms with E-state index in [-0.39, 0.29) is 24.0 Å². The molecule has 0 aliphatic carbocycles. The largest absolute Gasteiger partial charge is 0.355 e. The van der Waals surface area contributed by atoms with E-state index in [1.165, 1.54) is 25.8 Å². The first-order valence-corrected chi connectivity index (χ1v) is 8.20. The number of hydrogen-bond donors (Lipinski definition) is 1. The van der Waals surface area contributed by atoms with Crippen LogP contribution in [-0.2, 0) is 0 Å². The van der Waals surface area contributed by atoms with Crippen molar-refractivity contribution in [2.45, 2.75) is 40.0 Å². The number of unbranched alkanes of at least 4 members (excludes halogenated alkanes) is 1. The van der Waals surface area contributed by atoms with E-state index in [0.29, 0.717) is 0 Å². The average molecular weight is 410 g/mol. The summed E-state index contributed by atoms with van der Waals surface area (Å²) in [5.74, 6) is 2.61. The molecule has 1 heterocycles. The lowest BCUT2D eigenvalue weighted by atomic mass is 9.92. The molecule has 1 saturated heterocycles. The predicted octanol–water partition coefficient (Wildman–Crippen LogP) is 2.89. The van der Waals surface area contributed by atoms with Crippen molar-refractivity contribution in [1.82, 2.24) is 15.1 Å². The Kier molecular flexibility index (Phi) is 11.5. The van der Waals surface area contributed by atoms with E-state index in [2.05, 4.69) is 47.9 Å². The van der Waals surface area contributed by atoms with E-state index in [4.69, 9.17) is 0 Å². The Morgan fingerprint density at radius 1 is 1.24 bits per heavy atom. The summed E-state index contributed by atoms with van der Waals surface area (Å²) in [6.45, 7) is 12.4. The summed E-state index contributed by atoms with van der Waals surface area (Å²) in [7, 11) is 4.10. The molecule has 0 radical (unpaired) electrons. The number of rotatable bonds is 6. The molecular formula is C16H35IN4. The fourth-order valence-corrected chi connectivity index (χ4v) is 3.07. The molecule has 1 aliphatic heterocycles. The number of likely N-dealkylation sites (N-methyl/N-ethyl adjacent to an activating group) is 1. The Morgan fingerprint density at radius 3 is 2.38 bits per heavy atom.